The average molecular weight is 330 g/mol. The molecular formula is C12H21F3N2O3S. The quantitative estimate of drug-likeness (QED) is 0.457. The fourth-order valence-corrected chi connectivity index (χ4v) is 1.38. The van der Waals surface area contributed by atoms with E-state index in [2.05, 4.69) is 41.7 Å². The smallest absolute Gasteiger partial charge is 0.485 e. The molecule has 1 aromatic rings. The molecule has 0 aliphatic heterocycles. The zero-order valence-corrected chi connectivity index (χ0v) is 13.0. The molecule has 0 fully saturated rings. The Hall–Kier alpha value is -1.09. The van der Waals surface area contributed by atoms with Crippen molar-refractivity contribution in [3.05, 3.63) is 18.7 Å². The summed E-state index contributed by atoms with van der Waals surface area (Å²) in [5.41, 5.74) is -5.65. The molecule has 124 valence electrons. The summed E-state index contributed by atoms with van der Waals surface area (Å²) >= 11 is 0. The molecule has 1 heterocycles. The van der Waals surface area contributed by atoms with Crippen molar-refractivity contribution in [3.63, 3.8) is 0 Å². The van der Waals surface area contributed by atoms with Gasteiger partial charge in [0, 0.05) is 0 Å². The number of hydrogen-bond acceptors (Lipinski definition) is 3. The molecule has 0 aromatic carbocycles. The molecule has 0 N–H and O–H groups in total. The number of halogens is 3. The van der Waals surface area contributed by atoms with Gasteiger partial charge in [-0.1, -0.05) is 26.7 Å². The Morgan fingerprint density at radius 3 is 2.14 bits per heavy atom. The Kier molecular flexibility index (Phi) is 8.57. The number of imidazole rings is 1. The summed E-state index contributed by atoms with van der Waals surface area (Å²) in [6, 6.07) is 0. The van der Waals surface area contributed by atoms with Crippen LogP contribution in [0.4, 0.5) is 13.2 Å². The minimum atomic E-state index is -6.09. The second-order valence-electron chi connectivity index (χ2n) is 4.50. The average Bonchev–Trinajstić information content (AvgIpc) is 2.80. The van der Waals surface area contributed by atoms with E-state index in [9.17, 15) is 13.2 Å². The van der Waals surface area contributed by atoms with Crippen molar-refractivity contribution in [2.75, 3.05) is 0 Å². The fourth-order valence-electron chi connectivity index (χ4n) is 1.38. The van der Waals surface area contributed by atoms with E-state index >= 15 is 0 Å². The Bertz CT molecular complexity index is 476. The fraction of sp³-hybridized carbons (Fsp3) is 0.750. The van der Waals surface area contributed by atoms with Gasteiger partial charge in [-0.15, -0.1) is 0 Å². The second-order valence-corrected chi connectivity index (χ2v) is 5.87. The highest BCUT2D eigenvalue weighted by Crippen LogP contribution is 2.20. The molecule has 0 saturated carbocycles. The maximum Gasteiger partial charge on any atom is 0.485 e. The lowest BCUT2D eigenvalue weighted by molar-refractivity contribution is -0.696. The Morgan fingerprint density at radius 1 is 1.19 bits per heavy atom. The molecule has 5 nitrogen and oxygen atoms in total. The highest BCUT2D eigenvalue weighted by Gasteiger charge is 2.36. The lowest BCUT2D eigenvalue weighted by atomic mass is 10.3. The minimum absolute atomic E-state index is 1.16. The Morgan fingerprint density at radius 2 is 1.71 bits per heavy atom. The van der Waals surface area contributed by atoms with E-state index in [1.165, 1.54) is 25.7 Å². The van der Waals surface area contributed by atoms with E-state index in [1.807, 2.05) is 0 Å². The first-order valence-corrected chi connectivity index (χ1v) is 8.09. The number of hydrogen-bond donors (Lipinski definition) is 0. The summed E-state index contributed by atoms with van der Waals surface area (Å²) < 4.78 is 63.5. The predicted molar refractivity (Wildman–Crippen MR) is 70.2 cm³/mol. The van der Waals surface area contributed by atoms with Gasteiger partial charge in [0.1, 0.15) is 12.4 Å². The zero-order chi connectivity index (χ0) is 16.5. The first-order chi connectivity index (χ1) is 9.61. The van der Waals surface area contributed by atoms with Crippen LogP contribution in [0.25, 0.3) is 0 Å². The summed E-state index contributed by atoms with van der Waals surface area (Å²) in [4.78, 5) is 0. The van der Waals surface area contributed by atoms with Crippen LogP contribution in [-0.4, -0.2) is 23.0 Å². The van der Waals surface area contributed by atoms with E-state index in [4.69, 9.17) is 13.0 Å². The molecule has 1 aromatic heterocycles. The monoisotopic (exact) mass is 330 g/mol. The van der Waals surface area contributed by atoms with Crippen molar-refractivity contribution in [2.24, 2.45) is 0 Å². The third-order valence-corrected chi connectivity index (χ3v) is 3.14. The summed E-state index contributed by atoms with van der Waals surface area (Å²) in [6.07, 6.45) is 11.7. The number of aromatic nitrogens is 2. The maximum atomic E-state index is 10.7. The van der Waals surface area contributed by atoms with Gasteiger partial charge < -0.3 is 4.55 Å². The minimum Gasteiger partial charge on any atom is -0.741 e. The number of nitrogens with zero attached hydrogens (tertiary/aromatic N) is 2. The maximum absolute atomic E-state index is 10.7. The second kappa shape index (κ2) is 9.04. The first-order valence-electron chi connectivity index (χ1n) is 6.68. The SMILES string of the molecule is CCCCn1cc[n+](CCCC)c1.O=S(=O)([O-])C(F)(F)F. The highest BCUT2D eigenvalue weighted by atomic mass is 32.2. The van der Waals surface area contributed by atoms with Gasteiger partial charge in [0.2, 0.25) is 6.33 Å². The van der Waals surface area contributed by atoms with Crippen molar-refractivity contribution >= 4 is 10.1 Å². The van der Waals surface area contributed by atoms with Gasteiger partial charge >= 0.3 is 5.51 Å². The third kappa shape index (κ3) is 8.71. The van der Waals surface area contributed by atoms with Crippen LogP contribution < -0.4 is 4.57 Å². The van der Waals surface area contributed by atoms with E-state index < -0.39 is 15.6 Å². The van der Waals surface area contributed by atoms with Crippen LogP contribution in [0.5, 0.6) is 0 Å². The molecule has 21 heavy (non-hydrogen) atoms. The van der Waals surface area contributed by atoms with E-state index in [0.717, 1.165) is 13.1 Å². The van der Waals surface area contributed by atoms with E-state index in [1.54, 1.807) is 0 Å². The zero-order valence-electron chi connectivity index (χ0n) is 12.1. The molecule has 1 rings (SSSR count). The molecule has 0 aliphatic carbocycles. The number of alkyl halides is 3. The molecule has 0 saturated heterocycles. The molecule has 0 amide bonds. The topological polar surface area (TPSA) is 66.0 Å². The molecule has 0 spiro atoms. The Labute approximate surface area is 123 Å². The van der Waals surface area contributed by atoms with Crippen LogP contribution in [0, 0.1) is 0 Å². The van der Waals surface area contributed by atoms with Gasteiger partial charge in [-0.3, -0.25) is 0 Å². The number of rotatable bonds is 6. The lowest BCUT2D eigenvalue weighted by Crippen LogP contribution is -2.30. The van der Waals surface area contributed by atoms with Gasteiger partial charge in [0.25, 0.3) is 0 Å². The molecule has 9 heteroatoms. The Balaban J connectivity index is 0.000000433. The van der Waals surface area contributed by atoms with Crippen LogP contribution in [0.2, 0.25) is 0 Å². The van der Waals surface area contributed by atoms with Crippen LogP contribution >= 0.6 is 0 Å². The summed E-state index contributed by atoms with van der Waals surface area (Å²) in [7, 11) is -6.09. The normalized spacial score (nSPS) is 11.9. The largest absolute Gasteiger partial charge is 0.741 e. The van der Waals surface area contributed by atoms with Gasteiger partial charge in [-0.25, -0.2) is 17.6 Å². The van der Waals surface area contributed by atoms with Gasteiger partial charge in [-0.2, -0.15) is 13.2 Å². The summed E-state index contributed by atoms with van der Waals surface area (Å²) in [5, 5.41) is 0. The van der Waals surface area contributed by atoms with E-state index in [0.29, 0.717) is 0 Å². The highest BCUT2D eigenvalue weighted by molar-refractivity contribution is 7.86. The predicted octanol–water partition coefficient (Wildman–Crippen LogP) is 2.43. The summed E-state index contributed by atoms with van der Waals surface area (Å²) in [6.45, 7) is 6.79. The van der Waals surface area contributed by atoms with Crippen molar-refractivity contribution in [3.8, 4) is 0 Å². The molecule has 0 aliphatic rings. The van der Waals surface area contributed by atoms with Crippen molar-refractivity contribution < 1.29 is 30.7 Å². The molecule has 0 bridgehead atoms. The first kappa shape index (κ1) is 19.9. The molecular weight excluding hydrogens is 309 g/mol. The molecule has 0 atom stereocenters. The van der Waals surface area contributed by atoms with E-state index in [-0.39, 0.29) is 0 Å². The van der Waals surface area contributed by atoms with Gasteiger partial charge in [-0.05, 0) is 12.8 Å². The number of aryl methyl sites for hydroxylation is 2. The number of unbranched alkanes of at least 4 members (excludes halogenated alkanes) is 2. The van der Waals surface area contributed by atoms with Crippen LogP contribution in [0.15, 0.2) is 18.7 Å². The van der Waals surface area contributed by atoms with Crippen LogP contribution in [0.3, 0.4) is 0 Å². The van der Waals surface area contributed by atoms with Crippen LogP contribution in [0.1, 0.15) is 39.5 Å². The van der Waals surface area contributed by atoms with Crippen molar-refractivity contribution in [1.82, 2.24) is 4.57 Å². The third-order valence-electron chi connectivity index (χ3n) is 2.57. The molecule has 0 radical (unpaired) electrons. The van der Waals surface area contributed by atoms with Crippen LogP contribution in [-0.2, 0) is 23.2 Å². The van der Waals surface area contributed by atoms with Gasteiger partial charge in [0.05, 0.1) is 13.1 Å². The van der Waals surface area contributed by atoms with Crippen molar-refractivity contribution in [1.29, 1.82) is 0 Å². The van der Waals surface area contributed by atoms with Gasteiger partial charge in [0.15, 0.2) is 10.1 Å². The lowest BCUT2D eigenvalue weighted by Gasteiger charge is -2.08. The standard InChI is InChI=1S/C11H21N2.CHF3O3S/c1-3-5-7-12-9-10-13(11-12)8-6-4-2;2-1(3,4)8(5,6)7/h9-11H,3-8H2,1-2H3;(H,5,6,7)/q+1;/p-1. The summed E-state index contributed by atoms with van der Waals surface area (Å²) in [5.74, 6) is 0. The molecule has 0 unspecified atom stereocenters. The van der Waals surface area contributed by atoms with Crippen molar-refractivity contribution in [2.45, 2.75) is 58.1 Å².